The molecule has 0 aliphatic carbocycles. The standard InChI is InChI=1S/C26H43ClF2NO5P/c1-2-3-4-5-6-7-8-9-10-11-12-13-14-15-24(31)30-23(20-26(28,29)36(33,34)35)25(32)21-16-18-22(27)19-17-21/h16-19,23,25,32H,2-15,20H2,1H3,(H,30,31)(H2,33,34,35)/t23-,25+/m1/s1. The summed E-state index contributed by atoms with van der Waals surface area (Å²) >= 11 is 5.82. The van der Waals surface area contributed by atoms with Crippen molar-refractivity contribution in [2.75, 3.05) is 0 Å². The van der Waals surface area contributed by atoms with Gasteiger partial charge >= 0.3 is 13.3 Å². The number of amides is 1. The van der Waals surface area contributed by atoms with Crippen LogP contribution in [0, 0.1) is 0 Å². The second kappa shape index (κ2) is 17.5. The summed E-state index contributed by atoms with van der Waals surface area (Å²) in [5.41, 5.74) is -4.19. The maximum atomic E-state index is 14.1. The number of halogens is 3. The van der Waals surface area contributed by atoms with E-state index in [9.17, 15) is 23.2 Å². The van der Waals surface area contributed by atoms with Crippen LogP contribution in [0.25, 0.3) is 0 Å². The first-order chi connectivity index (χ1) is 17.0. The van der Waals surface area contributed by atoms with E-state index in [0.29, 0.717) is 11.4 Å². The molecule has 1 aromatic carbocycles. The van der Waals surface area contributed by atoms with Crippen LogP contribution in [0.2, 0.25) is 5.02 Å². The third kappa shape index (κ3) is 13.5. The molecule has 0 aliphatic heterocycles. The molecule has 208 valence electrons. The van der Waals surface area contributed by atoms with Gasteiger partial charge in [-0.25, -0.2) is 0 Å². The number of aliphatic hydroxyl groups excluding tert-OH is 1. The molecule has 1 aromatic rings. The van der Waals surface area contributed by atoms with Crippen LogP contribution in [-0.2, 0) is 9.36 Å². The fraction of sp³-hybridized carbons (Fsp3) is 0.731. The number of aliphatic hydroxyl groups is 1. The molecule has 6 nitrogen and oxygen atoms in total. The Kier molecular flexibility index (Phi) is 16.0. The first-order valence-electron chi connectivity index (χ1n) is 13.1. The number of hydrogen-bond donors (Lipinski definition) is 4. The quantitative estimate of drug-likeness (QED) is 0.0987. The van der Waals surface area contributed by atoms with Crippen LogP contribution in [0.15, 0.2) is 24.3 Å². The number of alkyl halides is 2. The van der Waals surface area contributed by atoms with Crippen LogP contribution in [-0.4, -0.2) is 32.5 Å². The normalized spacial score (nSPS) is 14.0. The van der Waals surface area contributed by atoms with Crippen molar-refractivity contribution in [3.63, 3.8) is 0 Å². The van der Waals surface area contributed by atoms with Gasteiger partial charge in [0.2, 0.25) is 5.91 Å². The van der Waals surface area contributed by atoms with Gasteiger partial charge in [-0.2, -0.15) is 8.78 Å². The summed E-state index contributed by atoms with van der Waals surface area (Å²) in [6.45, 7) is 2.22. The van der Waals surface area contributed by atoms with Gasteiger partial charge < -0.3 is 20.2 Å². The molecule has 0 heterocycles. The molecular formula is C26H43ClF2NO5P. The van der Waals surface area contributed by atoms with E-state index in [1.807, 2.05) is 0 Å². The maximum absolute atomic E-state index is 14.1. The number of rotatable bonds is 20. The predicted octanol–water partition coefficient (Wildman–Crippen LogP) is 7.50. The lowest BCUT2D eigenvalue weighted by Gasteiger charge is -2.28. The minimum absolute atomic E-state index is 0.0864. The lowest BCUT2D eigenvalue weighted by molar-refractivity contribution is -0.123. The van der Waals surface area contributed by atoms with Crippen molar-refractivity contribution in [3.8, 4) is 0 Å². The number of carbonyl (C=O) groups excluding carboxylic acids is 1. The minimum Gasteiger partial charge on any atom is -0.386 e. The van der Waals surface area contributed by atoms with Crippen molar-refractivity contribution in [1.29, 1.82) is 0 Å². The fourth-order valence-corrected chi connectivity index (χ4v) is 4.66. The Morgan fingerprint density at radius 2 is 1.36 bits per heavy atom. The minimum atomic E-state index is -5.77. The van der Waals surface area contributed by atoms with Gasteiger partial charge in [-0.05, 0) is 24.1 Å². The summed E-state index contributed by atoms with van der Waals surface area (Å²) < 4.78 is 39.4. The predicted molar refractivity (Wildman–Crippen MR) is 140 cm³/mol. The molecule has 0 spiro atoms. The Hall–Kier alpha value is -1.05. The molecule has 4 N–H and O–H groups in total. The molecule has 0 aromatic heterocycles. The Balaban J connectivity index is 2.41. The van der Waals surface area contributed by atoms with Crippen LogP contribution >= 0.6 is 19.2 Å². The Labute approximate surface area is 219 Å². The highest BCUT2D eigenvalue weighted by atomic mass is 35.5. The summed E-state index contributed by atoms with van der Waals surface area (Å²) in [7, 11) is -5.77. The van der Waals surface area contributed by atoms with Crippen molar-refractivity contribution in [2.45, 2.75) is 121 Å². The van der Waals surface area contributed by atoms with E-state index >= 15 is 0 Å². The third-order valence-electron chi connectivity index (χ3n) is 6.34. The van der Waals surface area contributed by atoms with Gasteiger partial charge in [0.25, 0.3) is 0 Å². The van der Waals surface area contributed by atoms with Gasteiger partial charge in [0.1, 0.15) is 0 Å². The Morgan fingerprint density at radius 1 is 0.917 bits per heavy atom. The molecule has 1 rings (SSSR count). The van der Waals surface area contributed by atoms with E-state index in [-0.39, 0.29) is 12.0 Å². The fourth-order valence-electron chi connectivity index (χ4n) is 4.10. The molecule has 0 fully saturated rings. The van der Waals surface area contributed by atoms with Gasteiger partial charge in [-0.3, -0.25) is 9.36 Å². The second-order valence-electron chi connectivity index (χ2n) is 9.58. The van der Waals surface area contributed by atoms with Gasteiger partial charge in [-0.15, -0.1) is 0 Å². The smallest absolute Gasteiger partial charge is 0.386 e. The van der Waals surface area contributed by atoms with Crippen molar-refractivity contribution >= 4 is 25.1 Å². The van der Waals surface area contributed by atoms with E-state index < -0.39 is 37.7 Å². The van der Waals surface area contributed by atoms with E-state index in [1.165, 1.54) is 75.6 Å². The number of hydrogen-bond acceptors (Lipinski definition) is 3. The zero-order valence-electron chi connectivity index (χ0n) is 21.3. The first kappa shape index (κ1) is 33.0. The third-order valence-corrected chi connectivity index (χ3v) is 7.62. The topological polar surface area (TPSA) is 107 Å². The molecule has 1 amide bonds. The molecule has 0 radical (unpaired) electrons. The summed E-state index contributed by atoms with van der Waals surface area (Å²) in [5, 5.41) is 13.3. The molecule has 2 atom stereocenters. The van der Waals surface area contributed by atoms with Crippen molar-refractivity contribution in [1.82, 2.24) is 5.32 Å². The summed E-state index contributed by atoms with van der Waals surface area (Å²) in [5.74, 6) is -0.544. The monoisotopic (exact) mass is 553 g/mol. The average molecular weight is 554 g/mol. The highest BCUT2D eigenvalue weighted by Gasteiger charge is 2.51. The van der Waals surface area contributed by atoms with Crippen molar-refractivity contribution in [2.24, 2.45) is 0 Å². The van der Waals surface area contributed by atoms with Crippen LogP contribution < -0.4 is 5.32 Å². The number of unbranched alkanes of at least 4 members (excludes halogenated alkanes) is 12. The lowest BCUT2D eigenvalue weighted by atomic mass is 9.99. The first-order valence-corrected chi connectivity index (χ1v) is 15.1. The van der Waals surface area contributed by atoms with E-state index in [4.69, 9.17) is 21.4 Å². The molecule has 0 unspecified atom stereocenters. The molecule has 0 bridgehead atoms. The zero-order valence-corrected chi connectivity index (χ0v) is 23.0. The second-order valence-corrected chi connectivity index (χ2v) is 11.8. The molecule has 0 aliphatic rings. The van der Waals surface area contributed by atoms with Crippen LogP contribution in [0.1, 0.15) is 115 Å². The highest BCUT2D eigenvalue weighted by Crippen LogP contribution is 2.55. The summed E-state index contributed by atoms with van der Waals surface area (Å²) in [4.78, 5) is 30.4. The van der Waals surface area contributed by atoms with Crippen LogP contribution in [0.3, 0.4) is 0 Å². The number of nitrogens with one attached hydrogen (secondary N) is 1. The van der Waals surface area contributed by atoms with Gasteiger partial charge in [-0.1, -0.05) is 108 Å². The molecule has 0 saturated carbocycles. The molecule has 0 saturated heterocycles. The Morgan fingerprint density at radius 3 is 1.81 bits per heavy atom. The van der Waals surface area contributed by atoms with Gasteiger partial charge in [0, 0.05) is 17.9 Å². The largest absolute Gasteiger partial charge is 0.394 e. The molecule has 10 heteroatoms. The van der Waals surface area contributed by atoms with Gasteiger partial charge in [0.05, 0.1) is 12.1 Å². The summed E-state index contributed by atoms with van der Waals surface area (Å²) in [6.07, 6.45) is 12.0. The SMILES string of the molecule is CCCCCCCCCCCCCCCC(=O)N[C@H](CC(F)(F)P(=O)(O)O)[C@@H](O)c1ccc(Cl)cc1. The molecular weight excluding hydrogens is 511 g/mol. The van der Waals surface area contributed by atoms with Crippen LogP contribution in [0.4, 0.5) is 8.78 Å². The van der Waals surface area contributed by atoms with Crippen LogP contribution in [0.5, 0.6) is 0 Å². The highest BCUT2D eigenvalue weighted by molar-refractivity contribution is 7.53. The number of carbonyl (C=O) groups is 1. The van der Waals surface area contributed by atoms with E-state index in [1.54, 1.807) is 0 Å². The Bertz CT molecular complexity index is 791. The van der Waals surface area contributed by atoms with E-state index in [2.05, 4.69) is 12.2 Å². The molecule has 36 heavy (non-hydrogen) atoms. The van der Waals surface area contributed by atoms with Crippen molar-refractivity contribution in [3.05, 3.63) is 34.9 Å². The number of benzene rings is 1. The average Bonchev–Trinajstić information content (AvgIpc) is 2.81. The van der Waals surface area contributed by atoms with E-state index in [0.717, 1.165) is 25.7 Å². The lowest BCUT2D eigenvalue weighted by Crippen LogP contribution is -2.43. The summed E-state index contributed by atoms with van der Waals surface area (Å²) in [6, 6.07) is 4.15. The maximum Gasteiger partial charge on any atom is 0.394 e. The zero-order chi connectivity index (χ0) is 27.0. The van der Waals surface area contributed by atoms with Crippen molar-refractivity contribution < 1.29 is 33.0 Å². The van der Waals surface area contributed by atoms with Gasteiger partial charge in [0.15, 0.2) is 0 Å².